The van der Waals surface area contributed by atoms with Crippen LogP contribution in [0.3, 0.4) is 0 Å². The SMILES string of the molecule is NC1=CC([C@H]2CC[C@@H](CO)NC2)=NC2=C(c3cn[nH]c3)CNN12. The van der Waals surface area contributed by atoms with Crippen molar-refractivity contribution in [2.24, 2.45) is 16.6 Å². The first-order valence-electron chi connectivity index (χ1n) is 7.92. The summed E-state index contributed by atoms with van der Waals surface area (Å²) in [4.78, 5) is 4.87. The van der Waals surface area contributed by atoms with Crippen molar-refractivity contribution < 1.29 is 5.11 Å². The number of aromatic amines is 1. The van der Waals surface area contributed by atoms with Gasteiger partial charge in [0.05, 0.1) is 18.5 Å². The lowest BCUT2D eigenvalue weighted by molar-refractivity contribution is 0.211. The first-order valence-corrected chi connectivity index (χ1v) is 7.92. The molecule has 0 bridgehead atoms. The van der Waals surface area contributed by atoms with E-state index in [2.05, 4.69) is 20.9 Å². The molecule has 1 fully saturated rings. The van der Waals surface area contributed by atoms with Gasteiger partial charge >= 0.3 is 0 Å². The van der Waals surface area contributed by atoms with E-state index in [1.165, 1.54) is 0 Å². The third-order valence-electron chi connectivity index (χ3n) is 4.69. The summed E-state index contributed by atoms with van der Waals surface area (Å²) in [5.74, 6) is 1.83. The lowest BCUT2D eigenvalue weighted by Crippen LogP contribution is -2.44. The van der Waals surface area contributed by atoms with Crippen molar-refractivity contribution in [3.05, 3.63) is 35.7 Å². The van der Waals surface area contributed by atoms with Crippen molar-refractivity contribution >= 4 is 11.3 Å². The monoisotopic (exact) mass is 315 g/mol. The van der Waals surface area contributed by atoms with Gasteiger partial charge < -0.3 is 16.2 Å². The van der Waals surface area contributed by atoms with E-state index in [4.69, 9.17) is 10.7 Å². The molecule has 0 spiro atoms. The largest absolute Gasteiger partial charge is 0.395 e. The number of aliphatic hydroxyl groups excluding tert-OH is 1. The minimum absolute atomic E-state index is 0.185. The molecule has 0 amide bonds. The Hall–Kier alpha value is -2.16. The standard InChI is InChI=1S/C15H21N7O/c16-14-3-13(9-1-2-11(8-23)17-4-9)21-15-12(7-20-22(14)15)10-5-18-19-6-10/h3,5-6,9,11,17,20,23H,1-2,4,7-8,16H2,(H,18,19)/t9-,11-/m0/s1. The zero-order chi connectivity index (χ0) is 15.8. The highest BCUT2D eigenvalue weighted by Crippen LogP contribution is 2.31. The van der Waals surface area contributed by atoms with Gasteiger partial charge in [0.15, 0.2) is 5.82 Å². The molecule has 1 aromatic rings. The van der Waals surface area contributed by atoms with E-state index in [-0.39, 0.29) is 12.6 Å². The number of nitrogens with two attached hydrogens (primary N) is 1. The molecule has 0 aliphatic carbocycles. The lowest BCUT2D eigenvalue weighted by Gasteiger charge is -2.32. The zero-order valence-corrected chi connectivity index (χ0v) is 12.8. The Balaban J connectivity index is 1.63. The predicted molar refractivity (Wildman–Crippen MR) is 86.7 cm³/mol. The second-order valence-corrected chi connectivity index (χ2v) is 6.13. The van der Waals surface area contributed by atoms with E-state index in [0.29, 0.717) is 18.3 Å². The molecule has 2 atom stereocenters. The van der Waals surface area contributed by atoms with Crippen molar-refractivity contribution in [1.82, 2.24) is 25.9 Å². The molecule has 1 saturated heterocycles. The van der Waals surface area contributed by atoms with Crippen LogP contribution in [0.5, 0.6) is 0 Å². The van der Waals surface area contributed by atoms with Gasteiger partial charge in [0.2, 0.25) is 0 Å². The van der Waals surface area contributed by atoms with Gasteiger partial charge in [0, 0.05) is 48.5 Å². The summed E-state index contributed by atoms with van der Waals surface area (Å²) in [6.07, 6.45) is 7.56. The van der Waals surface area contributed by atoms with Crippen LogP contribution in [0, 0.1) is 5.92 Å². The first kappa shape index (κ1) is 14.4. The molecule has 0 saturated carbocycles. The third kappa shape index (κ3) is 2.54. The number of fused-ring (bicyclic) bond motifs is 1. The number of nitrogens with zero attached hydrogens (tertiary/aromatic N) is 3. The van der Waals surface area contributed by atoms with Gasteiger partial charge in [-0.2, -0.15) is 5.10 Å². The van der Waals surface area contributed by atoms with E-state index < -0.39 is 0 Å². The molecule has 3 aliphatic rings. The number of aliphatic hydroxyl groups is 1. The van der Waals surface area contributed by atoms with Crippen LogP contribution in [-0.4, -0.2) is 51.8 Å². The summed E-state index contributed by atoms with van der Waals surface area (Å²) < 4.78 is 0. The number of aromatic nitrogens is 2. The maximum Gasteiger partial charge on any atom is 0.154 e. The van der Waals surface area contributed by atoms with Crippen LogP contribution >= 0.6 is 0 Å². The van der Waals surface area contributed by atoms with Gasteiger partial charge in [0.25, 0.3) is 0 Å². The number of hydrogen-bond acceptors (Lipinski definition) is 7. The number of nitrogens with one attached hydrogen (secondary N) is 3. The molecule has 23 heavy (non-hydrogen) atoms. The summed E-state index contributed by atoms with van der Waals surface area (Å²) >= 11 is 0. The highest BCUT2D eigenvalue weighted by Gasteiger charge is 2.31. The van der Waals surface area contributed by atoms with Crippen LogP contribution in [0.2, 0.25) is 0 Å². The molecule has 0 unspecified atom stereocenters. The summed E-state index contributed by atoms with van der Waals surface area (Å²) in [5.41, 5.74) is 12.6. The maximum absolute atomic E-state index is 9.24. The molecule has 1 aromatic heterocycles. The van der Waals surface area contributed by atoms with E-state index in [1.54, 1.807) is 6.20 Å². The first-order chi connectivity index (χ1) is 11.3. The summed E-state index contributed by atoms with van der Waals surface area (Å²) in [7, 11) is 0. The minimum Gasteiger partial charge on any atom is -0.395 e. The third-order valence-corrected chi connectivity index (χ3v) is 4.69. The molecule has 3 aliphatic heterocycles. The van der Waals surface area contributed by atoms with Crippen LogP contribution in [0.1, 0.15) is 18.4 Å². The number of piperidine rings is 1. The second kappa shape index (κ2) is 5.80. The second-order valence-electron chi connectivity index (χ2n) is 6.13. The quantitative estimate of drug-likeness (QED) is 0.514. The zero-order valence-electron chi connectivity index (χ0n) is 12.8. The highest BCUT2D eigenvalue weighted by molar-refractivity contribution is 6.00. The van der Waals surface area contributed by atoms with Gasteiger partial charge in [0.1, 0.15) is 5.82 Å². The van der Waals surface area contributed by atoms with Gasteiger partial charge in [-0.3, -0.25) is 5.10 Å². The van der Waals surface area contributed by atoms with E-state index >= 15 is 0 Å². The Bertz CT molecular complexity index is 668. The topological polar surface area (TPSA) is 115 Å². The molecular formula is C15H21N7O. The van der Waals surface area contributed by atoms with Crippen LogP contribution in [0.4, 0.5) is 0 Å². The van der Waals surface area contributed by atoms with Crippen molar-refractivity contribution in [2.75, 3.05) is 19.7 Å². The molecule has 8 heteroatoms. The maximum atomic E-state index is 9.24. The van der Waals surface area contributed by atoms with Gasteiger partial charge in [-0.15, -0.1) is 0 Å². The Morgan fingerprint density at radius 2 is 2.30 bits per heavy atom. The minimum atomic E-state index is 0.185. The Kier molecular flexibility index (Phi) is 3.64. The molecular weight excluding hydrogens is 294 g/mol. The fourth-order valence-electron chi connectivity index (χ4n) is 3.33. The number of hydrogen-bond donors (Lipinski definition) is 5. The van der Waals surface area contributed by atoms with Crippen LogP contribution in [-0.2, 0) is 0 Å². The molecule has 4 rings (SSSR count). The Morgan fingerprint density at radius 1 is 1.39 bits per heavy atom. The van der Waals surface area contributed by atoms with Gasteiger partial charge in [-0.1, -0.05) is 0 Å². The number of allylic oxidation sites excluding steroid dienone is 1. The van der Waals surface area contributed by atoms with Gasteiger partial charge in [-0.05, 0) is 12.8 Å². The number of H-pyrrole nitrogens is 1. The van der Waals surface area contributed by atoms with Gasteiger partial charge in [-0.25, -0.2) is 15.4 Å². The van der Waals surface area contributed by atoms with Crippen LogP contribution < -0.4 is 16.5 Å². The fraction of sp³-hybridized carbons (Fsp3) is 0.467. The normalized spacial score (nSPS) is 27.8. The number of hydrazine groups is 1. The predicted octanol–water partition coefficient (Wildman–Crippen LogP) is -0.486. The molecule has 0 aromatic carbocycles. The lowest BCUT2D eigenvalue weighted by atomic mass is 9.90. The summed E-state index contributed by atoms with van der Waals surface area (Å²) in [5, 5.41) is 21.3. The average Bonchev–Trinajstić information content (AvgIpc) is 3.24. The fourth-order valence-corrected chi connectivity index (χ4v) is 3.33. The highest BCUT2D eigenvalue weighted by atomic mass is 16.3. The van der Waals surface area contributed by atoms with Crippen LogP contribution in [0.15, 0.2) is 35.1 Å². The van der Waals surface area contributed by atoms with Crippen molar-refractivity contribution in [3.8, 4) is 0 Å². The van der Waals surface area contributed by atoms with E-state index in [1.807, 2.05) is 17.3 Å². The summed E-state index contributed by atoms with van der Waals surface area (Å²) in [6, 6.07) is 0.196. The van der Waals surface area contributed by atoms with Crippen molar-refractivity contribution in [3.63, 3.8) is 0 Å². The number of rotatable bonds is 3. The molecule has 8 nitrogen and oxygen atoms in total. The van der Waals surface area contributed by atoms with Crippen molar-refractivity contribution in [2.45, 2.75) is 18.9 Å². The molecule has 4 heterocycles. The molecule has 6 N–H and O–H groups in total. The average molecular weight is 315 g/mol. The van der Waals surface area contributed by atoms with E-state index in [0.717, 1.165) is 42.1 Å². The smallest absolute Gasteiger partial charge is 0.154 e. The molecule has 0 radical (unpaired) electrons. The van der Waals surface area contributed by atoms with Crippen molar-refractivity contribution in [1.29, 1.82) is 0 Å². The van der Waals surface area contributed by atoms with Crippen LogP contribution in [0.25, 0.3) is 5.57 Å². The Morgan fingerprint density at radius 3 is 3.00 bits per heavy atom. The summed E-state index contributed by atoms with van der Waals surface area (Å²) in [6.45, 7) is 1.68. The molecule has 122 valence electrons. The van der Waals surface area contributed by atoms with E-state index in [9.17, 15) is 5.11 Å². The number of aliphatic imine (C=N–C) groups is 1. The Labute approximate surface area is 134 Å².